The molecule has 4 rings (SSSR count). The second kappa shape index (κ2) is 9.54. The molecule has 162 valence electrons. The van der Waals surface area contributed by atoms with Crippen LogP contribution in [-0.2, 0) is 0 Å². The van der Waals surface area contributed by atoms with Gasteiger partial charge < -0.3 is 15.4 Å². The van der Waals surface area contributed by atoms with E-state index in [2.05, 4.69) is 41.4 Å². The van der Waals surface area contributed by atoms with Crippen LogP contribution in [0.15, 0.2) is 47.2 Å². The van der Waals surface area contributed by atoms with E-state index in [4.69, 9.17) is 4.74 Å². The largest absolute Gasteiger partial charge is 0.468 e. The van der Waals surface area contributed by atoms with Gasteiger partial charge in [-0.2, -0.15) is 0 Å². The molecule has 1 aliphatic rings. The van der Waals surface area contributed by atoms with Crippen molar-refractivity contribution in [3.05, 3.63) is 57.3 Å². The highest BCUT2D eigenvalue weighted by Gasteiger charge is 2.25. The lowest BCUT2D eigenvalue weighted by atomic mass is 10.2. The van der Waals surface area contributed by atoms with Crippen molar-refractivity contribution in [3.63, 3.8) is 0 Å². The Hall–Kier alpha value is -2.82. The van der Waals surface area contributed by atoms with Gasteiger partial charge in [-0.15, -0.1) is 0 Å². The van der Waals surface area contributed by atoms with Crippen LogP contribution in [0.2, 0.25) is 0 Å². The lowest BCUT2D eigenvalue weighted by Gasteiger charge is -2.34. The number of nitro benzene ring substituents is 1. The second-order valence-corrected chi connectivity index (χ2v) is 8.13. The lowest BCUT2D eigenvalue weighted by molar-refractivity contribution is -0.386. The zero-order valence-corrected chi connectivity index (χ0v) is 18.6. The number of nitrogens with zero attached hydrogens (tertiary/aromatic N) is 4. The van der Waals surface area contributed by atoms with Crippen LogP contribution in [0.5, 0.6) is 5.75 Å². The third kappa shape index (κ3) is 4.92. The summed E-state index contributed by atoms with van der Waals surface area (Å²) in [6.07, 6.45) is 1.92. The summed E-state index contributed by atoms with van der Waals surface area (Å²) in [4.78, 5) is 22.3. The Labute approximate surface area is 188 Å². The van der Waals surface area contributed by atoms with Gasteiger partial charge in [-0.3, -0.25) is 15.0 Å². The maximum atomic E-state index is 11.9. The van der Waals surface area contributed by atoms with Gasteiger partial charge in [-0.25, -0.2) is 9.97 Å². The number of hydrogen-bond donors (Lipinski definition) is 2. The van der Waals surface area contributed by atoms with Crippen LogP contribution in [0.25, 0.3) is 10.9 Å². The Balaban J connectivity index is 1.70. The van der Waals surface area contributed by atoms with Crippen LogP contribution in [0.4, 0.5) is 17.2 Å². The molecule has 9 nitrogen and oxygen atoms in total. The van der Waals surface area contributed by atoms with E-state index in [9.17, 15) is 10.1 Å². The van der Waals surface area contributed by atoms with E-state index in [0.29, 0.717) is 23.1 Å². The average Bonchev–Trinajstić information content (AvgIpc) is 2.77. The molecule has 1 aliphatic heterocycles. The molecule has 1 saturated heterocycles. The molecule has 1 atom stereocenters. The fourth-order valence-electron chi connectivity index (χ4n) is 3.64. The molecule has 2 aromatic carbocycles. The van der Waals surface area contributed by atoms with Crippen molar-refractivity contribution in [3.8, 4) is 5.75 Å². The monoisotopic (exact) mass is 486 g/mol. The minimum absolute atomic E-state index is 0.104. The van der Waals surface area contributed by atoms with Gasteiger partial charge in [0.1, 0.15) is 12.1 Å². The number of nitro groups is 1. The number of anilines is 2. The predicted molar refractivity (Wildman–Crippen MR) is 123 cm³/mol. The lowest BCUT2D eigenvalue weighted by Crippen LogP contribution is -2.50. The third-order valence-corrected chi connectivity index (χ3v) is 5.66. The summed E-state index contributed by atoms with van der Waals surface area (Å²) in [7, 11) is 0. The Morgan fingerprint density at radius 1 is 1.29 bits per heavy atom. The number of halogens is 1. The van der Waals surface area contributed by atoms with Crippen molar-refractivity contribution in [2.75, 3.05) is 31.5 Å². The van der Waals surface area contributed by atoms with E-state index in [1.165, 1.54) is 12.4 Å². The number of rotatable bonds is 7. The third-order valence-electron chi connectivity index (χ3n) is 5.17. The zero-order chi connectivity index (χ0) is 21.8. The molecule has 0 saturated carbocycles. The molecule has 2 heterocycles. The fraction of sp³-hybridized carbons (Fsp3) is 0.333. The summed E-state index contributed by atoms with van der Waals surface area (Å²) in [6, 6.07) is 10.7. The van der Waals surface area contributed by atoms with Gasteiger partial charge in [0.25, 0.3) is 0 Å². The van der Waals surface area contributed by atoms with E-state index in [1.54, 1.807) is 6.07 Å². The summed E-state index contributed by atoms with van der Waals surface area (Å²) in [5.74, 6) is 0.710. The number of nitrogens with one attached hydrogen (secondary N) is 2. The highest BCUT2D eigenvalue weighted by molar-refractivity contribution is 9.10. The molecule has 0 bridgehead atoms. The van der Waals surface area contributed by atoms with Crippen LogP contribution in [-0.4, -0.2) is 52.2 Å². The first-order valence-electron chi connectivity index (χ1n) is 10.1. The first-order chi connectivity index (χ1) is 15.0. The average molecular weight is 487 g/mol. The van der Waals surface area contributed by atoms with Crippen molar-refractivity contribution in [1.29, 1.82) is 0 Å². The second-order valence-electron chi connectivity index (χ2n) is 7.22. The molecule has 2 N–H and O–H groups in total. The summed E-state index contributed by atoms with van der Waals surface area (Å²) in [5.41, 5.74) is 1.28. The molecule has 1 unspecified atom stereocenters. The van der Waals surface area contributed by atoms with E-state index >= 15 is 0 Å². The van der Waals surface area contributed by atoms with Crippen LogP contribution in [0.1, 0.15) is 13.3 Å². The van der Waals surface area contributed by atoms with Crippen LogP contribution >= 0.6 is 15.9 Å². The molecule has 0 radical (unpaired) electrons. The van der Waals surface area contributed by atoms with E-state index in [1.807, 2.05) is 31.2 Å². The number of piperazine rings is 1. The van der Waals surface area contributed by atoms with Gasteiger partial charge in [0.05, 0.1) is 15.8 Å². The molecule has 10 heteroatoms. The Morgan fingerprint density at radius 2 is 2.10 bits per heavy atom. The zero-order valence-electron chi connectivity index (χ0n) is 17.0. The Morgan fingerprint density at radius 3 is 2.81 bits per heavy atom. The topological polar surface area (TPSA) is 105 Å². The van der Waals surface area contributed by atoms with Crippen molar-refractivity contribution in [2.45, 2.75) is 19.6 Å². The van der Waals surface area contributed by atoms with Gasteiger partial charge in [0.15, 0.2) is 6.23 Å². The Kier molecular flexibility index (Phi) is 6.59. The molecule has 1 fully saturated rings. The molecule has 0 spiro atoms. The molecule has 1 aromatic heterocycles. The van der Waals surface area contributed by atoms with E-state index in [0.717, 1.165) is 36.3 Å². The van der Waals surface area contributed by atoms with Gasteiger partial charge in [-0.1, -0.05) is 28.9 Å². The van der Waals surface area contributed by atoms with Gasteiger partial charge in [-0.05, 0) is 24.6 Å². The van der Waals surface area contributed by atoms with Crippen LogP contribution in [0, 0.1) is 10.1 Å². The fourth-order valence-corrected chi connectivity index (χ4v) is 4.04. The summed E-state index contributed by atoms with van der Waals surface area (Å²) in [6.45, 7) is 5.43. The number of fused-ring (bicyclic) bond motifs is 1. The van der Waals surface area contributed by atoms with E-state index in [-0.39, 0.29) is 17.7 Å². The summed E-state index contributed by atoms with van der Waals surface area (Å²) in [5, 5.41) is 18.9. The molecule has 31 heavy (non-hydrogen) atoms. The summed E-state index contributed by atoms with van der Waals surface area (Å²) >= 11 is 3.44. The maximum Gasteiger partial charge on any atom is 0.311 e. The summed E-state index contributed by atoms with van der Waals surface area (Å²) < 4.78 is 7.06. The predicted octanol–water partition coefficient (Wildman–Crippen LogP) is 4.06. The highest BCUT2D eigenvalue weighted by atomic mass is 79.9. The molecule has 0 aliphatic carbocycles. The smallest absolute Gasteiger partial charge is 0.311 e. The minimum Gasteiger partial charge on any atom is -0.468 e. The van der Waals surface area contributed by atoms with Crippen LogP contribution in [0.3, 0.4) is 0 Å². The number of ether oxygens (including phenoxy) is 1. The first-order valence-corrected chi connectivity index (χ1v) is 10.9. The number of aromatic nitrogens is 2. The van der Waals surface area contributed by atoms with Crippen molar-refractivity contribution in [1.82, 2.24) is 20.2 Å². The quantitative estimate of drug-likeness (QED) is 0.380. The van der Waals surface area contributed by atoms with Gasteiger partial charge in [0.2, 0.25) is 5.75 Å². The maximum absolute atomic E-state index is 11.9. The SMILES string of the molecule is CCC(Oc1cc2ncnc(Nc3cccc(Br)c3)c2cc1[N+](=O)[O-])N1CCNCC1. The minimum atomic E-state index is -0.421. The van der Waals surface area contributed by atoms with E-state index < -0.39 is 4.92 Å². The first kappa shape index (κ1) is 21.4. The number of benzene rings is 2. The standard InChI is InChI=1S/C21H23BrN6O3/c1-2-20(27-8-6-23-7-9-27)31-19-12-17-16(11-18(19)28(29)30)21(25-13-24-17)26-15-5-3-4-14(22)10-15/h3-5,10-13,20,23H,2,6-9H2,1H3,(H,24,25,26). The molecule has 3 aromatic rings. The van der Waals surface area contributed by atoms with Gasteiger partial charge in [0, 0.05) is 48.5 Å². The van der Waals surface area contributed by atoms with Crippen molar-refractivity contribution >= 4 is 44.0 Å². The van der Waals surface area contributed by atoms with Crippen molar-refractivity contribution in [2.24, 2.45) is 0 Å². The van der Waals surface area contributed by atoms with Gasteiger partial charge >= 0.3 is 5.69 Å². The van der Waals surface area contributed by atoms with Crippen LogP contribution < -0.4 is 15.4 Å². The highest BCUT2D eigenvalue weighted by Crippen LogP contribution is 2.35. The molecule has 0 amide bonds. The molecular formula is C21H23BrN6O3. The molecular weight excluding hydrogens is 464 g/mol. The van der Waals surface area contributed by atoms with Crippen molar-refractivity contribution < 1.29 is 9.66 Å². The Bertz CT molecular complexity index is 1090. The number of hydrogen-bond acceptors (Lipinski definition) is 8. The normalized spacial score (nSPS) is 15.5.